The summed E-state index contributed by atoms with van der Waals surface area (Å²) in [6, 6.07) is 5.42. The fourth-order valence-electron chi connectivity index (χ4n) is 1.99. The van der Waals surface area contributed by atoms with Crippen LogP contribution in [0.4, 0.5) is 5.69 Å². The Kier molecular flexibility index (Phi) is 4.88. The Morgan fingerprint density at radius 3 is 2.59 bits per heavy atom. The van der Waals surface area contributed by atoms with Gasteiger partial charge in [-0.1, -0.05) is 5.16 Å². The molecule has 1 heterocycles. The van der Waals surface area contributed by atoms with Crippen LogP contribution in [0.3, 0.4) is 0 Å². The molecule has 0 fully saturated rings. The summed E-state index contributed by atoms with van der Waals surface area (Å²) < 4.78 is 15.5. The van der Waals surface area contributed by atoms with E-state index in [1.54, 1.807) is 26.4 Å². The number of nitrogens with one attached hydrogen (secondary N) is 1. The molecule has 0 aliphatic carbocycles. The molecule has 3 N–H and O–H groups in total. The highest BCUT2D eigenvalue weighted by Crippen LogP contribution is 2.29. The van der Waals surface area contributed by atoms with E-state index < -0.39 is 0 Å². The van der Waals surface area contributed by atoms with E-state index in [0.717, 1.165) is 22.7 Å². The van der Waals surface area contributed by atoms with Crippen LogP contribution in [0.1, 0.15) is 17.0 Å². The summed E-state index contributed by atoms with van der Waals surface area (Å²) in [6.07, 6.45) is 0. The maximum absolute atomic E-state index is 5.90. The zero-order chi connectivity index (χ0) is 16.1. The van der Waals surface area contributed by atoms with Crippen LogP contribution in [0.15, 0.2) is 27.7 Å². The van der Waals surface area contributed by atoms with Crippen molar-refractivity contribution in [3.8, 4) is 11.5 Å². The monoisotopic (exact) mass is 304 g/mol. The first-order chi connectivity index (χ1) is 10.5. The van der Waals surface area contributed by atoms with Gasteiger partial charge in [0.25, 0.3) is 0 Å². The van der Waals surface area contributed by atoms with Gasteiger partial charge in [0.1, 0.15) is 5.76 Å². The third-order valence-electron chi connectivity index (χ3n) is 3.24. The summed E-state index contributed by atoms with van der Waals surface area (Å²) in [5, 5.41) is 6.89. The molecule has 0 saturated carbocycles. The molecule has 118 valence electrons. The number of aromatic nitrogens is 1. The molecule has 7 heteroatoms. The van der Waals surface area contributed by atoms with Crippen LogP contribution in [-0.2, 0) is 6.54 Å². The third-order valence-corrected chi connectivity index (χ3v) is 3.24. The summed E-state index contributed by atoms with van der Waals surface area (Å²) in [4.78, 5) is 4.29. The van der Waals surface area contributed by atoms with Crippen LogP contribution >= 0.6 is 0 Å². The standard InChI is InChI=1S/C15H20N4O3/c1-9-12(10(2)22-19-9)8-17-15(16)18-11-5-6-13(20-3)14(7-11)21-4/h5-7H,8H2,1-4H3,(H3,16,17,18). The second-order valence-corrected chi connectivity index (χ2v) is 4.70. The van der Waals surface area contributed by atoms with Gasteiger partial charge in [0.2, 0.25) is 0 Å². The number of rotatable bonds is 5. The fourth-order valence-corrected chi connectivity index (χ4v) is 1.99. The number of aliphatic imine (C=N–C) groups is 1. The number of nitrogens with two attached hydrogens (primary N) is 1. The molecular formula is C15H20N4O3. The van der Waals surface area contributed by atoms with Gasteiger partial charge in [0.05, 0.1) is 26.5 Å². The van der Waals surface area contributed by atoms with Crippen LogP contribution < -0.4 is 20.5 Å². The Morgan fingerprint density at radius 1 is 1.27 bits per heavy atom. The highest BCUT2D eigenvalue weighted by atomic mass is 16.5. The highest BCUT2D eigenvalue weighted by molar-refractivity contribution is 5.92. The average molecular weight is 304 g/mol. The topological polar surface area (TPSA) is 94.9 Å². The van der Waals surface area contributed by atoms with Crippen molar-refractivity contribution in [1.29, 1.82) is 0 Å². The number of guanidine groups is 1. The molecule has 2 rings (SSSR count). The first-order valence-corrected chi connectivity index (χ1v) is 6.76. The first kappa shape index (κ1) is 15.7. The van der Waals surface area contributed by atoms with E-state index >= 15 is 0 Å². The van der Waals surface area contributed by atoms with Crippen molar-refractivity contribution < 1.29 is 14.0 Å². The van der Waals surface area contributed by atoms with Gasteiger partial charge in [0.15, 0.2) is 17.5 Å². The second kappa shape index (κ2) is 6.84. The van der Waals surface area contributed by atoms with Crippen molar-refractivity contribution in [3.63, 3.8) is 0 Å². The van der Waals surface area contributed by atoms with Gasteiger partial charge in [-0.15, -0.1) is 0 Å². The molecule has 0 radical (unpaired) electrons. The van der Waals surface area contributed by atoms with Gasteiger partial charge in [-0.25, -0.2) is 4.99 Å². The smallest absolute Gasteiger partial charge is 0.193 e. The number of benzene rings is 1. The lowest BCUT2D eigenvalue weighted by atomic mass is 10.2. The number of ether oxygens (including phenoxy) is 2. The van der Waals surface area contributed by atoms with E-state index in [1.807, 2.05) is 19.9 Å². The van der Waals surface area contributed by atoms with Crippen molar-refractivity contribution in [2.75, 3.05) is 19.5 Å². The van der Waals surface area contributed by atoms with Gasteiger partial charge in [-0.2, -0.15) is 0 Å². The van der Waals surface area contributed by atoms with Crippen LogP contribution in [-0.4, -0.2) is 25.3 Å². The van der Waals surface area contributed by atoms with Crippen molar-refractivity contribution in [1.82, 2.24) is 5.16 Å². The second-order valence-electron chi connectivity index (χ2n) is 4.70. The third kappa shape index (κ3) is 3.49. The van der Waals surface area contributed by atoms with Crippen molar-refractivity contribution in [2.24, 2.45) is 10.7 Å². The van der Waals surface area contributed by atoms with Gasteiger partial charge in [-0.3, -0.25) is 0 Å². The maximum Gasteiger partial charge on any atom is 0.193 e. The van der Waals surface area contributed by atoms with Crippen molar-refractivity contribution >= 4 is 11.6 Å². The minimum Gasteiger partial charge on any atom is -0.493 e. The van der Waals surface area contributed by atoms with Crippen LogP contribution in [0.2, 0.25) is 0 Å². The Morgan fingerprint density at radius 2 is 2.00 bits per heavy atom. The summed E-state index contributed by atoms with van der Waals surface area (Å²) in [6.45, 7) is 4.13. The Balaban J connectivity index is 2.08. The lowest BCUT2D eigenvalue weighted by molar-refractivity contribution is 0.355. The zero-order valence-electron chi connectivity index (χ0n) is 13.1. The van der Waals surface area contributed by atoms with Crippen LogP contribution in [0, 0.1) is 13.8 Å². The van der Waals surface area contributed by atoms with E-state index in [-0.39, 0.29) is 0 Å². The molecule has 0 unspecified atom stereocenters. The summed E-state index contributed by atoms with van der Waals surface area (Å²) in [5.74, 6) is 2.32. The number of nitrogens with zero attached hydrogens (tertiary/aromatic N) is 2. The normalized spacial score (nSPS) is 11.4. The van der Waals surface area contributed by atoms with Crippen molar-refractivity contribution in [2.45, 2.75) is 20.4 Å². The number of anilines is 1. The Labute approximate surface area is 129 Å². The molecule has 0 aliphatic heterocycles. The molecule has 0 aliphatic rings. The zero-order valence-corrected chi connectivity index (χ0v) is 13.1. The van der Waals surface area contributed by atoms with E-state index in [0.29, 0.717) is 24.0 Å². The predicted octanol–water partition coefficient (Wildman–Crippen LogP) is 2.24. The summed E-state index contributed by atoms with van der Waals surface area (Å²) in [7, 11) is 3.17. The first-order valence-electron chi connectivity index (χ1n) is 6.76. The fraction of sp³-hybridized carbons (Fsp3) is 0.333. The molecule has 7 nitrogen and oxygen atoms in total. The molecule has 0 bridgehead atoms. The van der Waals surface area contributed by atoms with E-state index in [2.05, 4.69) is 15.5 Å². The minimum atomic E-state index is 0.298. The molecule has 0 saturated heterocycles. The summed E-state index contributed by atoms with van der Waals surface area (Å²) >= 11 is 0. The van der Waals surface area contributed by atoms with E-state index in [9.17, 15) is 0 Å². The molecule has 1 aromatic carbocycles. The SMILES string of the molecule is COc1ccc(NC(N)=NCc2c(C)noc2C)cc1OC. The number of hydrogen-bond acceptors (Lipinski definition) is 5. The average Bonchev–Trinajstić information content (AvgIpc) is 2.83. The summed E-state index contributed by atoms with van der Waals surface area (Å²) in [5.41, 5.74) is 8.42. The number of methoxy groups -OCH3 is 2. The molecule has 0 atom stereocenters. The maximum atomic E-state index is 5.90. The quantitative estimate of drug-likeness (QED) is 0.650. The lowest BCUT2D eigenvalue weighted by Gasteiger charge is -2.10. The molecule has 2 aromatic rings. The predicted molar refractivity (Wildman–Crippen MR) is 84.5 cm³/mol. The molecule has 0 amide bonds. The molecule has 0 spiro atoms. The number of hydrogen-bond donors (Lipinski definition) is 2. The van der Waals surface area contributed by atoms with E-state index in [4.69, 9.17) is 19.7 Å². The van der Waals surface area contributed by atoms with Gasteiger partial charge in [-0.05, 0) is 26.0 Å². The van der Waals surface area contributed by atoms with Crippen LogP contribution in [0.5, 0.6) is 11.5 Å². The highest BCUT2D eigenvalue weighted by Gasteiger charge is 2.08. The Hall–Kier alpha value is -2.70. The number of aryl methyl sites for hydroxylation is 2. The van der Waals surface area contributed by atoms with Crippen molar-refractivity contribution in [3.05, 3.63) is 35.2 Å². The largest absolute Gasteiger partial charge is 0.493 e. The lowest BCUT2D eigenvalue weighted by Crippen LogP contribution is -2.22. The van der Waals surface area contributed by atoms with Crippen LogP contribution in [0.25, 0.3) is 0 Å². The van der Waals surface area contributed by atoms with E-state index in [1.165, 1.54) is 0 Å². The van der Waals surface area contributed by atoms with Gasteiger partial charge in [0, 0.05) is 17.3 Å². The molecular weight excluding hydrogens is 284 g/mol. The van der Waals surface area contributed by atoms with Gasteiger partial charge >= 0.3 is 0 Å². The Bertz CT molecular complexity index is 660. The minimum absolute atomic E-state index is 0.298. The van der Waals surface area contributed by atoms with Gasteiger partial charge < -0.3 is 25.0 Å². The molecule has 22 heavy (non-hydrogen) atoms. The molecule has 1 aromatic heterocycles.